The van der Waals surface area contributed by atoms with Crippen molar-refractivity contribution in [2.45, 2.75) is 0 Å². The standard InChI is InChI=1S/C18H15NO2/c1-19-15(11-9-13-5-2-3-7-16(13)20)12-10-14-6-4-8-17(21)18(14)19/h2-12,21H,1H3/p+1. The fourth-order valence-corrected chi connectivity index (χ4v) is 2.44. The molecular formula is C18H16NO2+. The number of benzene rings is 2. The first-order valence-corrected chi connectivity index (χ1v) is 6.73. The van der Waals surface area contributed by atoms with E-state index in [9.17, 15) is 10.2 Å². The molecule has 0 amide bonds. The van der Waals surface area contributed by atoms with Gasteiger partial charge >= 0.3 is 0 Å². The molecule has 3 heteroatoms. The molecule has 0 aliphatic heterocycles. The van der Waals surface area contributed by atoms with Crippen LogP contribution in [0.5, 0.6) is 11.5 Å². The molecule has 0 radical (unpaired) electrons. The summed E-state index contributed by atoms with van der Waals surface area (Å²) in [6, 6.07) is 16.6. The van der Waals surface area contributed by atoms with Gasteiger partial charge in [-0.3, -0.25) is 0 Å². The fourth-order valence-electron chi connectivity index (χ4n) is 2.44. The maximum absolute atomic E-state index is 10.0. The van der Waals surface area contributed by atoms with E-state index in [1.54, 1.807) is 18.2 Å². The molecule has 3 rings (SSSR count). The fraction of sp³-hybridized carbons (Fsp3) is 0.0556. The van der Waals surface area contributed by atoms with Gasteiger partial charge in [-0.25, -0.2) is 0 Å². The van der Waals surface area contributed by atoms with E-state index >= 15 is 0 Å². The van der Waals surface area contributed by atoms with Gasteiger partial charge < -0.3 is 10.2 Å². The normalized spacial score (nSPS) is 11.3. The van der Waals surface area contributed by atoms with Crippen molar-refractivity contribution in [1.29, 1.82) is 0 Å². The van der Waals surface area contributed by atoms with Gasteiger partial charge in [0.1, 0.15) is 12.8 Å². The second-order valence-electron chi connectivity index (χ2n) is 4.92. The minimum atomic E-state index is 0.250. The van der Waals surface area contributed by atoms with Crippen molar-refractivity contribution in [2.75, 3.05) is 0 Å². The molecule has 2 aromatic carbocycles. The average molecular weight is 278 g/mol. The second kappa shape index (κ2) is 5.29. The Hall–Kier alpha value is -2.81. The Kier molecular flexibility index (Phi) is 3.32. The number of phenols is 2. The van der Waals surface area contributed by atoms with Crippen LogP contribution in [0, 0.1) is 0 Å². The molecule has 0 atom stereocenters. The maximum Gasteiger partial charge on any atom is 0.254 e. The number of phenolic OH excluding ortho intramolecular Hbond substituents is 2. The summed E-state index contributed by atoms with van der Waals surface area (Å²) in [6.07, 6.45) is 3.78. The summed E-state index contributed by atoms with van der Waals surface area (Å²) in [5.41, 5.74) is 2.49. The highest BCUT2D eigenvalue weighted by atomic mass is 16.3. The topological polar surface area (TPSA) is 44.3 Å². The highest BCUT2D eigenvalue weighted by molar-refractivity contribution is 5.82. The van der Waals surface area contributed by atoms with E-state index in [2.05, 4.69) is 0 Å². The van der Waals surface area contributed by atoms with Crippen LogP contribution in [-0.4, -0.2) is 10.2 Å². The van der Waals surface area contributed by atoms with Crippen LogP contribution in [0.4, 0.5) is 0 Å². The van der Waals surface area contributed by atoms with Crippen molar-refractivity contribution in [2.24, 2.45) is 7.05 Å². The molecule has 104 valence electrons. The Morgan fingerprint density at radius 1 is 0.810 bits per heavy atom. The molecule has 2 N–H and O–H groups in total. The van der Waals surface area contributed by atoms with Gasteiger partial charge in [0.15, 0.2) is 5.75 Å². The number of pyridine rings is 1. The Morgan fingerprint density at radius 2 is 1.57 bits per heavy atom. The number of fused-ring (bicyclic) bond motifs is 1. The van der Waals surface area contributed by atoms with Crippen molar-refractivity contribution >= 4 is 23.1 Å². The summed E-state index contributed by atoms with van der Waals surface area (Å²) in [7, 11) is 1.91. The van der Waals surface area contributed by atoms with Gasteiger partial charge in [-0.05, 0) is 30.3 Å². The molecule has 0 aliphatic carbocycles. The lowest BCUT2D eigenvalue weighted by molar-refractivity contribution is -0.646. The minimum Gasteiger partial charge on any atom is -0.507 e. The lowest BCUT2D eigenvalue weighted by Crippen LogP contribution is -2.32. The van der Waals surface area contributed by atoms with Crippen molar-refractivity contribution in [3.05, 3.63) is 65.9 Å². The van der Waals surface area contributed by atoms with Gasteiger partial charge in [0.05, 0.1) is 5.39 Å². The van der Waals surface area contributed by atoms with Gasteiger partial charge in [-0.15, -0.1) is 0 Å². The zero-order chi connectivity index (χ0) is 14.8. The molecular weight excluding hydrogens is 262 g/mol. The van der Waals surface area contributed by atoms with Gasteiger partial charge in [-0.2, -0.15) is 4.57 Å². The zero-order valence-electron chi connectivity index (χ0n) is 11.7. The van der Waals surface area contributed by atoms with E-state index in [0.29, 0.717) is 0 Å². The summed E-state index contributed by atoms with van der Waals surface area (Å²) in [5.74, 6) is 0.507. The van der Waals surface area contributed by atoms with Crippen molar-refractivity contribution in [3.8, 4) is 11.5 Å². The Labute approximate surface area is 123 Å². The first kappa shape index (κ1) is 13.2. The van der Waals surface area contributed by atoms with Crippen LogP contribution in [0.25, 0.3) is 23.1 Å². The summed E-state index contributed by atoms with van der Waals surface area (Å²) >= 11 is 0. The SMILES string of the molecule is C[n+]1c(/C=C/c2ccccc2O)ccc2cccc(O)c21. The number of rotatable bonds is 2. The van der Waals surface area contributed by atoms with Crippen LogP contribution >= 0.6 is 0 Å². The van der Waals surface area contributed by atoms with E-state index in [-0.39, 0.29) is 11.5 Å². The zero-order valence-corrected chi connectivity index (χ0v) is 11.7. The maximum atomic E-state index is 10.0. The Balaban J connectivity index is 2.08. The van der Waals surface area contributed by atoms with Crippen LogP contribution < -0.4 is 4.57 Å². The average Bonchev–Trinajstić information content (AvgIpc) is 2.48. The quantitative estimate of drug-likeness (QED) is 0.707. The van der Waals surface area contributed by atoms with E-state index < -0.39 is 0 Å². The number of hydrogen-bond acceptors (Lipinski definition) is 2. The van der Waals surface area contributed by atoms with Gasteiger partial charge in [0, 0.05) is 17.7 Å². The highest BCUT2D eigenvalue weighted by Crippen LogP contribution is 2.22. The summed E-state index contributed by atoms with van der Waals surface area (Å²) in [5, 5.41) is 20.8. The van der Waals surface area contributed by atoms with Crippen LogP contribution in [0.2, 0.25) is 0 Å². The van der Waals surface area contributed by atoms with Crippen LogP contribution in [-0.2, 0) is 7.05 Å². The number of nitrogens with zero attached hydrogens (tertiary/aromatic N) is 1. The van der Waals surface area contributed by atoms with Crippen LogP contribution in [0.1, 0.15) is 11.3 Å². The van der Waals surface area contributed by atoms with Crippen molar-refractivity contribution in [3.63, 3.8) is 0 Å². The minimum absolute atomic E-state index is 0.250. The van der Waals surface area contributed by atoms with Gasteiger partial charge in [0.25, 0.3) is 5.52 Å². The van der Waals surface area contributed by atoms with Crippen molar-refractivity contribution in [1.82, 2.24) is 0 Å². The lowest BCUT2D eigenvalue weighted by Gasteiger charge is -2.02. The van der Waals surface area contributed by atoms with E-state index in [0.717, 1.165) is 22.2 Å². The third-order valence-electron chi connectivity index (χ3n) is 3.57. The molecule has 3 nitrogen and oxygen atoms in total. The van der Waals surface area contributed by atoms with Crippen LogP contribution in [0.3, 0.4) is 0 Å². The molecule has 0 fully saturated rings. The lowest BCUT2D eigenvalue weighted by atomic mass is 10.1. The van der Waals surface area contributed by atoms with Gasteiger partial charge in [-0.1, -0.05) is 24.3 Å². The number of para-hydroxylation sites is 2. The summed E-state index contributed by atoms with van der Waals surface area (Å²) < 4.78 is 1.93. The monoisotopic (exact) mass is 278 g/mol. The summed E-state index contributed by atoms with van der Waals surface area (Å²) in [4.78, 5) is 0. The Bertz CT molecular complexity index is 838. The molecule has 0 unspecified atom stereocenters. The summed E-state index contributed by atoms with van der Waals surface area (Å²) in [6.45, 7) is 0. The third-order valence-corrected chi connectivity index (χ3v) is 3.57. The number of aryl methyl sites for hydroxylation is 1. The van der Waals surface area contributed by atoms with Crippen LogP contribution in [0.15, 0.2) is 54.6 Å². The first-order chi connectivity index (χ1) is 10.2. The molecule has 0 aliphatic rings. The predicted octanol–water partition coefficient (Wildman–Crippen LogP) is 3.25. The largest absolute Gasteiger partial charge is 0.507 e. The third kappa shape index (κ3) is 2.46. The van der Waals surface area contributed by atoms with E-state index in [1.807, 2.05) is 60.2 Å². The van der Waals surface area contributed by atoms with Gasteiger partial charge in [0.2, 0.25) is 5.69 Å². The highest BCUT2D eigenvalue weighted by Gasteiger charge is 2.13. The molecule has 21 heavy (non-hydrogen) atoms. The number of aromatic nitrogens is 1. The molecule has 0 bridgehead atoms. The van der Waals surface area contributed by atoms with E-state index in [1.165, 1.54) is 0 Å². The van der Waals surface area contributed by atoms with E-state index in [4.69, 9.17) is 0 Å². The first-order valence-electron chi connectivity index (χ1n) is 6.73. The van der Waals surface area contributed by atoms with Crippen molar-refractivity contribution < 1.29 is 14.8 Å². The molecule has 0 spiro atoms. The number of hydrogen-bond donors (Lipinski definition) is 2. The molecule has 1 aromatic heterocycles. The molecule has 3 aromatic rings. The number of aromatic hydroxyl groups is 2. The molecule has 0 saturated heterocycles. The molecule has 1 heterocycles. The second-order valence-corrected chi connectivity index (χ2v) is 4.92. The Morgan fingerprint density at radius 3 is 2.38 bits per heavy atom. The predicted molar refractivity (Wildman–Crippen MR) is 83.8 cm³/mol. The molecule has 0 saturated carbocycles. The smallest absolute Gasteiger partial charge is 0.254 e.